The fourth-order valence-electron chi connectivity index (χ4n) is 0.940. The number of carboxylic acids is 1. The van der Waals surface area contributed by atoms with Gasteiger partial charge >= 0.3 is 5.97 Å². The largest absolute Gasteiger partial charge is 0.480 e. The number of carbonyl (C=O) groups is 1. The van der Waals surface area contributed by atoms with E-state index in [-0.39, 0.29) is 12.2 Å². The van der Waals surface area contributed by atoms with Gasteiger partial charge < -0.3 is 16.2 Å². The standard InChI is InChI=1S/C9H10BrFN2O2/c10-5-1-2-8(6(11)3-5)13-4-7(12)9(14)15/h1-3,7,13H,4,12H2,(H,14,15). The summed E-state index contributed by atoms with van der Waals surface area (Å²) < 4.78 is 13.8. The van der Waals surface area contributed by atoms with Gasteiger partial charge in [0.2, 0.25) is 0 Å². The molecule has 4 N–H and O–H groups in total. The van der Waals surface area contributed by atoms with Crippen molar-refractivity contribution < 1.29 is 14.3 Å². The second kappa shape index (κ2) is 5.09. The van der Waals surface area contributed by atoms with Crippen molar-refractivity contribution in [1.82, 2.24) is 0 Å². The van der Waals surface area contributed by atoms with Crippen LogP contribution in [-0.4, -0.2) is 23.7 Å². The first-order valence-electron chi connectivity index (χ1n) is 4.18. The van der Waals surface area contributed by atoms with Crippen molar-refractivity contribution in [2.24, 2.45) is 5.73 Å². The lowest BCUT2D eigenvalue weighted by Gasteiger charge is -2.10. The Kier molecular flexibility index (Phi) is 4.05. The Morgan fingerprint density at radius 2 is 2.33 bits per heavy atom. The number of nitrogens with one attached hydrogen (secondary N) is 1. The van der Waals surface area contributed by atoms with Gasteiger partial charge in [0.1, 0.15) is 11.9 Å². The second-order valence-electron chi connectivity index (χ2n) is 2.95. The molecule has 1 rings (SSSR count). The van der Waals surface area contributed by atoms with Crippen LogP contribution in [0.3, 0.4) is 0 Å². The smallest absolute Gasteiger partial charge is 0.322 e. The van der Waals surface area contributed by atoms with Crippen molar-refractivity contribution in [2.75, 3.05) is 11.9 Å². The zero-order chi connectivity index (χ0) is 11.4. The van der Waals surface area contributed by atoms with Crippen molar-refractivity contribution in [3.63, 3.8) is 0 Å². The minimum Gasteiger partial charge on any atom is -0.480 e. The van der Waals surface area contributed by atoms with E-state index >= 15 is 0 Å². The highest BCUT2D eigenvalue weighted by atomic mass is 79.9. The number of benzene rings is 1. The Morgan fingerprint density at radius 1 is 1.67 bits per heavy atom. The van der Waals surface area contributed by atoms with E-state index in [1.54, 1.807) is 6.07 Å². The van der Waals surface area contributed by atoms with Crippen LogP contribution in [0, 0.1) is 5.82 Å². The number of nitrogens with two attached hydrogens (primary N) is 1. The van der Waals surface area contributed by atoms with Crippen molar-refractivity contribution in [3.05, 3.63) is 28.5 Å². The molecule has 0 saturated heterocycles. The van der Waals surface area contributed by atoms with Crippen LogP contribution < -0.4 is 11.1 Å². The van der Waals surface area contributed by atoms with Gasteiger partial charge in [-0.15, -0.1) is 0 Å². The summed E-state index contributed by atoms with van der Waals surface area (Å²) in [6, 6.07) is 3.40. The Hall–Kier alpha value is -1.14. The van der Waals surface area contributed by atoms with Crippen molar-refractivity contribution in [2.45, 2.75) is 6.04 Å². The van der Waals surface area contributed by atoms with Gasteiger partial charge in [-0.2, -0.15) is 0 Å². The maximum absolute atomic E-state index is 13.2. The van der Waals surface area contributed by atoms with Gasteiger partial charge in [-0.25, -0.2) is 4.39 Å². The molecule has 1 aromatic rings. The minimum absolute atomic E-state index is 0.0200. The highest BCUT2D eigenvalue weighted by Crippen LogP contribution is 2.18. The fourth-order valence-corrected chi connectivity index (χ4v) is 1.27. The third-order valence-corrected chi connectivity index (χ3v) is 2.25. The topological polar surface area (TPSA) is 75.3 Å². The predicted molar refractivity (Wildman–Crippen MR) is 58.2 cm³/mol. The van der Waals surface area contributed by atoms with Crippen LogP contribution in [0.1, 0.15) is 0 Å². The van der Waals surface area contributed by atoms with Crippen molar-refractivity contribution in [1.29, 1.82) is 0 Å². The Balaban J connectivity index is 2.62. The van der Waals surface area contributed by atoms with Gasteiger partial charge in [0.15, 0.2) is 0 Å². The first-order chi connectivity index (χ1) is 7.00. The van der Waals surface area contributed by atoms with Crippen LogP contribution in [0.15, 0.2) is 22.7 Å². The number of anilines is 1. The van der Waals surface area contributed by atoms with Crippen LogP contribution in [0.2, 0.25) is 0 Å². The summed E-state index contributed by atoms with van der Waals surface area (Å²) in [5.74, 6) is -1.58. The summed E-state index contributed by atoms with van der Waals surface area (Å²) in [5.41, 5.74) is 5.48. The summed E-state index contributed by atoms with van der Waals surface area (Å²) in [6.45, 7) is -0.0200. The Bertz CT molecular complexity index is 373. The first-order valence-corrected chi connectivity index (χ1v) is 4.97. The lowest BCUT2D eigenvalue weighted by molar-refractivity contribution is -0.138. The summed E-state index contributed by atoms with van der Waals surface area (Å²) in [7, 11) is 0. The van der Waals surface area contributed by atoms with Gasteiger partial charge in [0.05, 0.1) is 5.69 Å². The van der Waals surface area contributed by atoms with E-state index < -0.39 is 17.8 Å². The van der Waals surface area contributed by atoms with Crippen LogP contribution in [0.25, 0.3) is 0 Å². The van der Waals surface area contributed by atoms with Gasteiger partial charge in [0, 0.05) is 11.0 Å². The predicted octanol–water partition coefficient (Wildman–Crippen LogP) is 1.41. The quantitative estimate of drug-likeness (QED) is 0.777. The average Bonchev–Trinajstić information content (AvgIpc) is 2.15. The molecule has 0 amide bonds. The van der Waals surface area contributed by atoms with Crippen LogP contribution in [0.5, 0.6) is 0 Å². The van der Waals surface area contributed by atoms with E-state index in [1.165, 1.54) is 12.1 Å². The van der Waals surface area contributed by atoms with E-state index in [0.29, 0.717) is 4.47 Å². The molecule has 0 radical (unpaired) electrons. The molecule has 0 aliphatic rings. The van der Waals surface area contributed by atoms with E-state index in [1.807, 2.05) is 0 Å². The van der Waals surface area contributed by atoms with Crippen molar-refractivity contribution in [3.8, 4) is 0 Å². The lowest BCUT2D eigenvalue weighted by atomic mass is 10.2. The molecule has 1 unspecified atom stereocenters. The third-order valence-electron chi connectivity index (χ3n) is 1.76. The SMILES string of the molecule is NC(CNc1ccc(Br)cc1F)C(=O)O. The zero-order valence-electron chi connectivity index (χ0n) is 7.71. The molecular formula is C9H10BrFN2O2. The highest BCUT2D eigenvalue weighted by molar-refractivity contribution is 9.10. The molecule has 0 fully saturated rings. The van der Waals surface area contributed by atoms with Gasteiger partial charge in [-0.1, -0.05) is 15.9 Å². The van der Waals surface area contributed by atoms with Crippen LogP contribution in [0.4, 0.5) is 10.1 Å². The molecule has 6 heteroatoms. The first kappa shape index (κ1) is 11.9. The molecule has 0 heterocycles. The van der Waals surface area contributed by atoms with Crippen LogP contribution in [-0.2, 0) is 4.79 Å². The summed E-state index contributed by atoms with van der Waals surface area (Å²) >= 11 is 3.11. The second-order valence-corrected chi connectivity index (χ2v) is 3.87. The fraction of sp³-hybridized carbons (Fsp3) is 0.222. The molecule has 15 heavy (non-hydrogen) atoms. The molecule has 1 aromatic carbocycles. The molecule has 0 bridgehead atoms. The monoisotopic (exact) mass is 276 g/mol. The molecule has 0 aromatic heterocycles. The number of halogens is 2. The number of aliphatic carboxylic acids is 1. The molecule has 0 aliphatic heterocycles. The lowest BCUT2D eigenvalue weighted by Crippen LogP contribution is -2.37. The normalized spacial score (nSPS) is 12.2. The minimum atomic E-state index is -1.12. The molecule has 4 nitrogen and oxygen atoms in total. The number of rotatable bonds is 4. The van der Waals surface area contributed by atoms with Gasteiger partial charge in [-0.05, 0) is 18.2 Å². The maximum Gasteiger partial charge on any atom is 0.322 e. The number of hydrogen-bond donors (Lipinski definition) is 3. The number of carboxylic acid groups (broad SMARTS) is 1. The molecule has 0 aliphatic carbocycles. The average molecular weight is 277 g/mol. The Morgan fingerprint density at radius 3 is 2.87 bits per heavy atom. The summed E-state index contributed by atoms with van der Waals surface area (Å²) in [4.78, 5) is 10.4. The van der Waals surface area contributed by atoms with E-state index in [4.69, 9.17) is 10.8 Å². The van der Waals surface area contributed by atoms with E-state index in [0.717, 1.165) is 0 Å². The zero-order valence-corrected chi connectivity index (χ0v) is 9.29. The summed E-state index contributed by atoms with van der Waals surface area (Å²) in [6.07, 6.45) is 0. The van der Waals surface area contributed by atoms with Crippen LogP contribution >= 0.6 is 15.9 Å². The summed E-state index contributed by atoms with van der Waals surface area (Å²) in [5, 5.41) is 11.1. The molecule has 1 atom stereocenters. The van der Waals surface area contributed by atoms with E-state index in [9.17, 15) is 9.18 Å². The third kappa shape index (κ3) is 3.49. The van der Waals surface area contributed by atoms with Crippen molar-refractivity contribution >= 4 is 27.6 Å². The maximum atomic E-state index is 13.2. The Labute approximate surface area is 94.4 Å². The molecular weight excluding hydrogens is 267 g/mol. The molecule has 0 spiro atoms. The van der Waals surface area contributed by atoms with Gasteiger partial charge in [0.25, 0.3) is 0 Å². The number of hydrogen-bond acceptors (Lipinski definition) is 3. The van der Waals surface area contributed by atoms with Gasteiger partial charge in [-0.3, -0.25) is 4.79 Å². The van der Waals surface area contributed by atoms with E-state index in [2.05, 4.69) is 21.2 Å². The molecule has 0 saturated carbocycles. The highest BCUT2D eigenvalue weighted by Gasteiger charge is 2.11. The molecule has 82 valence electrons.